The molecule has 0 fully saturated rings. The number of carboxylic acids is 1. The maximum atomic E-state index is 10.8. The first-order chi connectivity index (χ1) is 5.95. The van der Waals surface area contributed by atoms with E-state index in [2.05, 4.69) is 6.92 Å². The van der Waals surface area contributed by atoms with Gasteiger partial charge < -0.3 is 9.84 Å². The highest BCUT2D eigenvalue weighted by Crippen LogP contribution is 2.29. The van der Waals surface area contributed by atoms with Crippen LogP contribution in [0.4, 0.5) is 0 Å². The maximum absolute atomic E-state index is 10.8. The fraction of sp³-hybridized carbons (Fsp3) is 0.900. The Morgan fingerprint density at radius 3 is 2.38 bits per heavy atom. The standard InChI is InChI=1S/C10H20O3/c1-5-6-7-10(2,3)8(13-4)9(11)12/h8H,5-7H2,1-4H3,(H,11,12). The van der Waals surface area contributed by atoms with Crippen molar-refractivity contribution >= 4 is 5.97 Å². The van der Waals surface area contributed by atoms with Crippen LogP contribution in [0.15, 0.2) is 0 Å². The summed E-state index contributed by atoms with van der Waals surface area (Å²) in [4.78, 5) is 10.8. The Bertz CT molecular complexity index is 164. The zero-order valence-corrected chi connectivity index (χ0v) is 8.96. The van der Waals surface area contributed by atoms with Gasteiger partial charge in [0.2, 0.25) is 0 Å². The van der Waals surface area contributed by atoms with Gasteiger partial charge in [-0.1, -0.05) is 33.6 Å². The first-order valence-electron chi connectivity index (χ1n) is 4.71. The first kappa shape index (κ1) is 12.4. The van der Waals surface area contributed by atoms with Crippen molar-refractivity contribution in [1.29, 1.82) is 0 Å². The molecule has 1 unspecified atom stereocenters. The monoisotopic (exact) mass is 188 g/mol. The maximum Gasteiger partial charge on any atom is 0.333 e. The van der Waals surface area contributed by atoms with Crippen molar-refractivity contribution in [3.63, 3.8) is 0 Å². The molecule has 0 aromatic heterocycles. The van der Waals surface area contributed by atoms with Crippen LogP contribution in [-0.4, -0.2) is 24.3 Å². The molecule has 0 saturated heterocycles. The van der Waals surface area contributed by atoms with Crippen molar-refractivity contribution in [2.75, 3.05) is 7.11 Å². The highest BCUT2D eigenvalue weighted by atomic mass is 16.5. The predicted octanol–water partition coefficient (Wildman–Crippen LogP) is 2.30. The van der Waals surface area contributed by atoms with E-state index in [1.807, 2.05) is 13.8 Å². The third-order valence-electron chi connectivity index (χ3n) is 2.34. The van der Waals surface area contributed by atoms with Gasteiger partial charge in [-0.15, -0.1) is 0 Å². The molecule has 78 valence electrons. The summed E-state index contributed by atoms with van der Waals surface area (Å²) in [6.07, 6.45) is 2.31. The first-order valence-corrected chi connectivity index (χ1v) is 4.71. The van der Waals surface area contributed by atoms with Crippen LogP contribution in [0.5, 0.6) is 0 Å². The Kier molecular flexibility index (Phi) is 4.99. The normalized spacial score (nSPS) is 14.2. The summed E-state index contributed by atoms with van der Waals surface area (Å²) in [5.41, 5.74) is -0.281. The number of aliphatic carboxylic acids is 1. The predicted molar refractivity (Wildman–Crippen MR) is 51.7 cm³/mol. The summed E-state index contributed by atoms with van der Waals surface area (Å²) in [7, 11) is 1.45. The average Bonchev–Trinajstić information content (AvgIpc) is 2.01. The molecule has 1 atom stereocenters. The van der Waals surface area contributed by atoms with E-state index in [4.69, 9.17) is 9.84 Å². The van der Waals surface area contributed by atoms with Crippen LogP contribution in [0.25, 0.3) is 0 Å². The van der Waals surface area contributed by atoms with Gasteiger partial charge in [0, 0.05) is 12.5 Å². The minimum Gasteiger partial charge on any atom is -0.479 e. The number of hydrogen-bond acceptors (Lipinski definition) is 2. The smallest absolute Gasteiger partial charge is 0.333 e. The minimum atomic E-state index is -0.872. The Labute approximate surface area is 80.1 Å². The van der Waals surface area contributed by atoms with Crippen LogP contribution in [0.1, 0.15) is 40.0 Å². The van der Waals surface area contributed by atoms with Gasteiger partial charge in [-0.25, -0.2) is 4.79 Å². The number of ether oxygens (including phenoxy) is 1. The fourth-order valence-electron chi connectivity index (χ4n) is 1.52. The van der Waals surface area contributed by atoms with E-state index in [1.165, 1.54) is 7.11 Å². The zero-order chi connectivity index (χ0) is 10.5. The van der Waals surface area contributed by atoms with Gasteiger partial charge in [0.25, 0.3) is 0 Å². The lowest BCUT2D eigenvalue weighted by molar-refractivity contribution is -0.156. The number of carbonyl (C=O) groups is 1. The van der Waals surface area contributed by atoms with Crippen LogP contribution >= 0.6 is 0 Å². The second kappa shape index (κ2) is 5.22. The fourth-order valence-corrected chi connectivity index (χ4v) is 1.52. The van der Waals surface area contributed by atoms with Crippen LogP contribution in [0, 0.1) is 5.41 Å². The number of rotatable bonds is 6. The third kappa shape index (κ3) is 3.77. The van der Waals surface area contributed by atoms with Crippen molar-refractivity contribution in [3.8, 4) is 0 Å². The van der Waals surface area contributed by atoms with E-state index in [0.717, 1.165) is 19.3 Å². The topological polar surface area (TPSA) is 46.5 Å². The highest BCUT2D eigenvalue weighted by Gasteiger charge is 2.34. The molecule has 0 rings (SSSR count). The number of hydrogen-bond donors (Lipinski definition) is 1. The summed E-state index contributed by atoms with van der Waals surface area (Å²) >= 11 is 0. The molecule has 0 amide bonds. The molecule has 0 aliphatic rings. The third-order valence-corrected chi connectivity index (χ3v) is 2.34. The molecule has 0 spiro atoms. The van der Waals surface area contributed by atoms with E-state index < -0.39 is 12.1 Å². The van der Waals surface area contributed by atoms with Gasteiger partial charge in [0.15, 0.2) is 6.10 Å². The van der Waals surface area contributed by atoms with E-state index in [-0.39, 0.29) is 5.41 Å². The summed E-state index contributed by atoms with van der Waals surface area (Å²) in [5.74, 6) is -0.872. The number of unbranched alkanes of at least 4 members (excludes halogenated alkanes) is 1. The zero-order valence-electron chi connectivity index (χ0n) is 8.96. The molecule has 3 nitrogen and oxygen atoms in total. The van der Waals surface area contributed by atoms with Crippen molar-refractivity contribution in [1.82, 2.24) is 0 Å². The average molecular weight is 188 g/mol. The second-order valence-electron chi connectivity index (χ2n) is 4.05. The van der Waals surface area contributed by atoms with Crippen molar-refractivity contribution in [2.24, 2.45) is 5.41 Å². The minimum absolute atomic E-state index is 0.281. The summed E-state index contributed by atoms with van der Waals surface area (Å²) in [5, 5.41) is 8.88. The lowest BCUT2D eigenvalue weighted by Gasteiger charge is -2.30. The Balaban J connectivity index is 4.28. The van der Waals surface area contributed by atoms with E-state index in [0.29, 0.717) is 0 Å². The van der Waals surface area contributed by atoms with Gasteiger partial charge in [-0.05, 0) is 6.42 Å². The number of carboxylic acid groups (broad SMARTS) is 1. The molecule has 0 bridgehead atoms. The largest absolute Gasteiger partial charge is 0.479 e. The van der Waals surface area contributed by atoms with E-state index in [1.54, 1.807) is 0 Å². The summed E-state index contributed by atoms with van der Waals surface area (Å²) in [6, 6.07) is 0. The molecule has 0 aromatic carbocycles. The molecule has 0 radical (unpaired) electrons. The van der Waals surface area contributed by atoms with Crippen LogP contribution in [0.3, 0.4) is 0 Å². The Morgan fingerprint density at radius 2 is 2.08 bits per heavy atom. The molecular weight excluding hydrogens is 168 g/mol. The quantitative estimate of drug-likeness (QED) is 0.695. The van der Waals surface area contributed by atoms with Crippen LogP contribution < -0.4 is 0 Å². The number of methoxy groups -OCH3 is 1. The molecule has 1 N–H and O–H groups in total. The Hall–Kier alpha value is -0.570. The molecule has 0 heterocycles. The van der Waals surface area contributed by atoms with Gasteiger partial charge in [-0.3, -0.25) is 0 Å². The van der Waals surface area contributed by atoms with Crippen molar-refractivity contribution in [2.45, 2.75) is 46.1 Å². The van der Waals surface area contributed by atoms with Crippen LogP contribution in [-0.2, 0) is 9.53 Å². The molecular formula is C10H20O3. The van der Waals surface area contributed by atoms with Gasteiger partial charge >= 0.3 is 5.97 Å². The van der Waals surface area contributed by atoms with E-state index >= 15 is 0 Å². The SMILES string of the molecule is CCCCC(C)(C)C(OC)C(=O)O. The molecule has 13 heavy (non-hydrogen) atoms. The molecule has 0 aliphatic carbocycles. The van der Waals surface area contributed by atoms with Gasteiger partial charge in [-0.2, -0.15) is 0 Å². The van der Waals surface area contributed by atoms with Crippen molar-refractivity contribution < 1.29 is 14.6 Å². The summed E-state index contributed by atoms with van der Waals surface area (Å²) in [6.45, 7) is 5.97. The van der Waals surface area contributed by atoms with Gasteiger partial charge in [0.05, 0.1) is 0 Å². The lowest BCUT2D eigenvalue weighted by atomic mass is 9.81. The Morgan fingerprint density at radius 1 is 1.54 bits per heavy atom. The van der Waals surface area contributed by atoms with E-state index in [9.17, 15) is 4.79 Å². The highest BCUT2D eigenvalue weighted by molar-refractivity contribution is 5.73. The van der Waals surface area contributed by atoms with Gasteiger partial charge in [0.1, 0.15) is 0 Å². The molecule has 0 aromatic rings. The molecule has 3 heteroatoms. The second-order valence-corrected chi connectivity index (χ2v) is 4.05. The lowest BCUT2D eigenvalue weighted by Crippen LogP contribution is -2.38. The van der Waals surface area contributed by atoms with Crippen LogP contribution in [0.2, 0.25) is 0 Å². The molecule has 0 saturated carbocycles. The molecule has 0 aliphatic heterocycles. The van der Waals surface area contributed by atoms with Crippen molar-refractivity contribution in [3.05, 3.63) is 0 Å². The summed E-state index contributed by atoms with van der Waals surface area (Å²) < 4.78 is 4.97.